The van der Waals surface area contributed by atoms with E-state index in [0.29, 0.717) is 5.41 Å². The Labute approximate surface area is 87.6 Å². The summed E-state index contributed by atoms with van der Waals surface area (Å²) in [7, 11) is 0. The van der Waals surface area contributed by atoms with E-state index in [2.05, 4.69) is 19.2 Å². The second-order valence-electron chi connectivity index (χ2n) is 6.09. The van der Waals surface area contributed by atoms with E-state index >= 15 is 0 Å². The van der Waals surface area contributed by atoms with E-state index in [1.54, 1.807) is 0 Å². The number of hydrogen-bond donors (Lipinski definition) is 2. The van der Waals surface area contributed by atoms with Crippen LogP contribution in [0.25, 0.3) is 0 Å². The Bertz CT molecular complexity index is 204. The molecule has 0 heterocycles. The van der Waals surface area contributed by atoms with Crippen LogP contribution >= 0.6 is 0 Å². The third kappa shape index (κ3) is 2.29. The maximum Gasteiger partial charge on any atom is 0.0280 e. The lowest BCUT2D eigenvalue weighted by Crippen LogP contribution is -2.46. The molecule has 0 saturated heterocycles. The molecule has 2 heteroatoms. The van der Waals surface area contributed by atoms with Crippen LogP contribution in [0, 0.1) is 11.3 Å². The van der Waals surface area contributed by atoms with E-state index < -0.39 is 0 Å². The molecule has 0 spiro atoms. The molecule has 82 valence electrons. The molecule has 14 heavy (non-hydrogen) atoms. The molecule has 2 rings (SSSR count). The Kier molecular flexibility index (Phi) is 2.61. The Hall–Kier alpha value is -0.0800. The molecule has 0 aliphatic heterocycles. The van der Waals surface area contributed by atoms with Crippen LogP contribution < -0.4 is 11.1 Å². The van der Waals surface area contributed by atoms with Crippen LogP contribution in [-0.2, 0) is 0 Å². The van der Waals surface area contributed by atoms with Gasteiger partial charge in [-0.05, 0) is 37.1 Å². The highest BCUT2D eigenvalue weighted by atomic mass is 14.9. The minimum Gasteiger partial charge on any atom is -0.324 e. The normalized spacial score (nSPS) is 33.2. The van der Waals surface area contributed by atoms with Crippen LogP contribution in [0.15, 0.2) is 0 Å². The van der Waals surface area contributed by atoms with Crippen LogP contribution in [-0.4, -0.2) is 18.6 Å². The first kappa shape index (κ1) is 10.4. The van der Waals surface area contributed by atoms with Gasteiger partial charge in [0.05, 0.1) is 0 Å². The first-order valence-electron chi connectivity index (χ1n) is 6.02. The summed E-state index contributed by atoms with van der Waals surface area (Å²) in [5.41, 5.74) is 7.00. The summed E-state index contributed by atoms with van der Waals surface area (Å²) in [6.45, 7) is 6.91. The van der Waals surface area contributed by atoms with Crippen LogP contribution in [0.1, 0.15) is 46.0 Å². The van der Waals surface area contributed by atoms with Gasteiger partial charge in [-0.2, -0.15) is 0 Å². The third-order valence-corrected chi connectivity index (χ3v) is 4.18. The van der Waals surface area contributed by atoms with Crippen molar-refractivity contribution in [3.8, 4) is 0 Å². The zero-order valence-corrected chi connectivity index (χ0v) is 9.60. The van der Waals surface area contributed by atoms with Crippen LogP contribution in [0.3, 0.4) is 0 Å². The first-order chi connectivity index (χ1) is 6.52. The molecule has 2 aliphatic rings. The van der Waals surface area contributed by atoms with Gasteiger partial charge in [0.25, 0.3) is 0 Å². The molecule has 0 amide bonds. The molecule has 2 saturated carbocycles. The summed E-state index contributed by atoms with van der Waals surface area (Å²) < 4.78 is 0. The van der Waals surface area contributed by atoms with E-state index in [1.807, 2.05) is 0 Å². The van der Waals surface area contributed by atoms with E-state index in [-0.39, 0.29) is 5.54 Å². The van der Waals surface area contributed by atoms with Gasteiger partial charge < -0.3 is 11.1 Å². The molecule has 2 nitrogen and oxygen atoms in total. The SMILES string of the molecule is CC1(C)CC1CNCC1(N)CCCC1. The van der Waals surface area contributed by atoms with Gasteiger partial charge in [-0.25, -0.2) is 0 Å². The first-order valence-corrected chi connectivity index (χ1v) is 6.02. The Morgan fingerprint density at radius 2 is 1.86 bits per heavy atom. The maximum absolute atomic E-state index is 6.27. The Morgan fingerprint density at radius 1 is 1.29 bits per heavy atom. The molecule has 3 N–H and O–H groups in total. The van der Waals surface area contributed by atoms with Crippen molar-refractivity contribution in [2.45, 2.75) is 51.5 Å². The fourth-order valence-corrected chi connectivity index (χ4v) is 2.68. The quantitative estimate of drug-likeness (QED) is 0.720. The molecule has 1 atom stereocenters. The molecular formula is C12H24N2. The van der Waals surface area contributed by atoms with E-state index in [0.717, 1.165) is 12.5 Å². The number of rotatable bonds is 4. The second-order valence-corrected chi connectivity index (χ2v) is 6.09. The summed E-state index contributed by atoms with van der Waals surface area (Å²) in [4.78, 5) is 0. The van der Waals surface area contributed by atoms with E-state index in [9.17, 15) is 0 Å². The Balaban J connectivity index is 1.63. The van der Waals surface area contributed by atoms with Crippen LogP contribution in [0.4, 0.5) is 0 Å². The van der Waals surface area contributed by atoms with Gasteiger partial charge in [-0.15, -0.1) is 0 Å². The average molecular weight is 196 g/mol. The van der Waals surface area contributed by atoms with Crippen LogP contribution in [0.2, 0.25) is 0 Å². The molecule has 0 aromatic rings. The summed E-state index contributed by atoms with van der Waals surface area (Å²) in [6.07, 6.45) is 6.47. The minimum atomic E-state index is 0.124. The Morgan fingerprint density at radius 3 is 2.36 bits per heavy atom. The monoisotopic (exact) mass is 196 g/mol. The second kappa shape index (κ2) is 3.49. The standard InChI is InChI=1S/C12H24N2/c1-11(2)7-10(11)8-14-9-12(13)5-3-4-6-12/h10,14H,3-9,13H2,1-2H3. The summed E-state index contributed by atoms with van der Waals surface area (Å²) in [5.74, 6) is 0.896. The highest BCUT2D eigenvalue weighted by Gasteiger charge is 2.45. The van der Waals surface area contributed by atoms with Crippen LogP contribution in [0.5, 0.6) is 0 Å². The van der Waals surface area contributed by atoms with Gasteiger partial charge in [-0.1, -0.05) is 26.7 Å². The van der Waals surface area contributed by atoms with E-state index in [1.165, 1.54) is 38.6 Å². The predicted octanol–water partition coefficient (Wildman–Crippen LogP) is 1.89. The molecule has 0 aromatic carbocycles. The van der Waals surface area contributed by atoms with Gasteiger partial charge in [0.15, 0.2) is 0 Å². The predicted molar refractivity (Wildman–Crippen MR) is 60.1 cm³/mol. The maximum atomic E-state index is 6.27. The van der Waals surface area contributed by atoms with Crippen molar-refractivity contribution in [1.29, 1.82) is 0 Å². The molecule has 2 aliphatic carbocycles. The van der Waals surface area contributed by atoms with Gasteiger partial charge in [-0.3, -0.25) is 0 Å². The smallest absolute Gasteiger partial charge is 0.0280 e. The molecule has 0 aromatic heterocycles. The highest BCUT2D eigenvalue weighted by Crippen LogP contribution is 2.51. The number of nitrogens with one attached hydrogen (secondary N) is 1. The fourth-order valence-electron chi connectivity index (χ4n) is 2.68. The molecule has 0 bridgehead atoms. The lowest BCUT2D eigenvalue weighted by Gasteiger charge is -2.24. The van der Waals surface area contributed by atoms with Crippen molar-refractivity contribution >= 4 is 0 Å². The van der Waals surface area contributed by atoms with Crippen molar-refractivity contribution in [2.24, 2.45) is 17.1 Å². The van der Waals surface area contributed by atoms with Crippen molar-refractivity contribution in [3.05, 3.63) is 0 Å². The topological polar surface area (TPSA) is 38.0 Å². The molecule has 2 fully saturated rings. The zero-order valence-electron chi connectivity index (χ0n) is 9.60. The molecule has 1 unspecified atom stereocenters. The zero-order chi connectivity index (χ0) is 10.2. The van der Waals surface area contributed by atoms with Gasteiger partial charge >= 0.3 is 0 Å². The van der Waals surface area contributed by atoms with Crippen molar-refractivity contribution in [2.75, 3.05) is 13.1 Å². The van der Waals surface area contributed by atoms with Gasteiger partial charge in [0.2, 0.25) is 0 Å². The van der Waals surface area contributed by atoms with Crippen molar-refractivity contribution < 1.29 is 0 Å². The van der Waals surface area contributed by atoms with E-state index in [4.69, 9.17) is 5.73 Å². The van der Waals surface area contributed by atoms with Crippen molar-refractivity contribution in [3.63, 3.8) is 0 Å². The molecular weight excluding hydrogens is 172 g/mol. The lowest BCUT2D eigenvalue weighted by atomic mass is 9.99. The molecule has 0 radical (unpaired) electrons. The number of hydrogen-bond acceptors (Lipinski definition) is 2. The van der Waals surface area contributed by atoms with Crippen molar-refractivity contribution in [1.82, 2.24) is 5.32 Å². The largest absolute Gasteiger partial charge is 0.324 e. The summed E-state index contributed by atoms with van der Waals surface area (Å²) in [6, 6.07) is 0. The lowest BCUT2D eigenvalue weighted by molar-refractivity contribution is 0.393. The summed E-state index contributed by atoms with van der Waals surface area (Å²) in [5, 5.41) is 3.56. The minimum absolute atomic E-state index is 0.124. The fraction of sp³-hybridized carbons (Fsp3) is 1.00. The third-order valence-electron chi connectivity index (χ3n) is 4.18. The average Bonchev–Trinajstić information content (AvgIpc) is 2.54. The number of nitrogens with two attached hydrogens (primary N) is 1. The summed E-state index contributed by atoms with van der Waals surface area (Å²) >= 11 is 0. The highest BCUT2D eigenvalue weighted by molar-refractivity contribution is 4.97. The van der Waals surface area contributed by atoms with Gasteiger partial charge in [0, 0.05) is 12.1 Å². The van der Waals surface area contributed by atoms with Gasteiger partial charge in [0.1, 0.15) is 0 Å².